The van der Waals surface area contributed by atoms with Crippen molar-refractivity contribution >= 4 is 22.8 Å². The van der Waals surface area contributed by atoms with Gasteiger partial charge in [-0.05, 0) is 19.1 Å². The van der Waals surface area contributed by atoms with Crippen molar-refractivity contribution in [2.24, 2.45) is 0 Å². The van der Waals surface area contributed by atoms with Crippen molar-refractivity contribution in [3.05, 3.63) is 41.8 Å². The van der Waals surface area contributed by atoms with Gasteiger partial charge in [-0.3, -0.25) is 4.57 Å². The lowest BCUT2D eigenvalue weighted by molar-refractivity contribution is 0.0656. The Balaban J connectivity index is 1.92. The number of hydrogen-bond donors (Lipinski definition) is 0. The number of alkyl halides is 2. The van der Waals surface area contributed by atoms with Crippen LogP contribution in [0.2, 0.25) is 0 Å². The van der Waals surface area contributed by atoms with Crippen LogP contribution in [0.5, 0.6) is 0 Å². The largest absolute Gasteiger partial charge is 0.361 e. The Hall–Kier alpha value is -1.89. The molecule has 0 aliphatic carbocycles. The van der Waals surface area contributed by atoms with E-state index in [1.807, 2.05) is 0 Å². The molecule has 0 aliphatic rings. The number of rotatable bonds is 4. The zero-order valence-corrected chi connectivity index (χ0v) is 11.4. The van der Waals surface area contributed by atoms with Gasteiger partial charge in [0.1, 0.15) is 5.76 Å². The average Bonchev–Trinajstić information content (AvgIpc) is 2.99. The van der Waals surface area contributed by atoms with Gasteiger partial charge in [0.05, 0.1) is 16.7 Å². The Morgan fingerprint density at radius 2 is 2.15 bits per heavy atom. The second-order valence-electron chi connectivity index (χ2n) is 4.25. The third kappa shape index (κ3) is 2.40. The lowest BCUT2D eigenvalue weighted by Crippen LogP contribution is -2.00. The first-order valence-electron chi connectivity index (χ1n) is 5.95. The predicted molar refractivity (Wildman–Crippen MR) is 71.8 cm³/mol. The number of para-hydroxylation sites is 2. The van der Waals surface area contributed by atoms with Gasteiger partial charge in [0.25, 0.3) is 0 Å². The molecule has 0 amide bonds. The molecule has 20 heavy (non-hydrogen) atoms. The first-order valence-corrected chi connectivity index (χ1v) is 6.94. The molecule has 0 N–H and O–H groups in total. The van der Waals surface area contributed by atoms with E-state index in [0.29, 0.717) is 28.2 Å². The molecule has 3 rings (SSSR count). The minimum atomic E-state index is -2.62. The second kappa shape index (κ2) is 5.24. The van der Waals surface area contributed by atoms with Crippen LogP contribution in [0.15, 0.2) is 40.0 Å². The maximum absolute atomic E-state index is 13.2. The zero-order chi connectivity index (χ0) is 14.1. The number of aromatic nitrogens is 3. The van der Waals surface area contributed by atoms with Crippen LogP contribution in [-0.2, 0) is 5.75 Å². The number of halogens is 2. The zero-order valence-electron chi connectivity index (χ0n) is 10.6. The molecule has 0 fully saturated rings. The molecule has 2 aromatic heterocycles. The van der Waals surface area contributed by atoms with E-state index in [1.165, 1.54) is 11.8 Å². The smallest absolute Gasteiger partial charge is 0.321 e. The number of fused-ring (bicyclic) bond motifs is 1. The normalized spacial score (nSPS) is 11.6. The lowest BCUT2D eigenvalue weighted by Gasteiger charge is -2.06. The van der Waals surface area contributed by atoms with E-state index < -0.39 is 6.55 Å². The van der Waals surface area contributed by atoms with Gasteiger partial charge in [0.2, 0.25) is 0 Å². The summed E-state index contributed by atoms with van der Waals surface area (Å²) in [6.07, 6.45) is 0. The van der Waals surface area contributed by atoms with Gasteiger partial charge < -0.3 is 4.52 Å². The average molecular weight is 295 g/mol. The van der Waals surface area contributed by atoms with Crippen LogP contribution in [0.3, 0.4) is 0 Å². The standard InChI is InChI=1S/C13H11F2N3OS/c1-8-6-9(17-19-8)7-20-13-16-10-4-2-3-5-11(10)18(13)12(14)15/h2-6,12H,7H2,1H3. The Morgan fingerprint density at radius 3 is 2.85 bits per heavy atom. The number of benzene rings is 1. The van der Waals surface area contributed by atoms with Crippen molar-refractivity contribution in [1.82, 2.24) is 14.7 Å². The van der Waals surface area contributed by atoms with Gasteiger partial charge in [-0.2, -0.15) is 8.78 Å². The SMILES string of the molecule is Cc1cc(CSc2nc3ccccc3n2C(F)F)no1. The minimum Gasteiger partial charge on any atom is -0.361 e. The molecule has 7 heteroatoms. The van der Waals surface area contributed by atoms with E-state index in [2.05, 4.69) is 10.1 Å². The molecular formula is C13H11F2N3OS. The molecule has 0 atom stereocenters. The summed E-state index contributed by atoms with van der Waals surface area (Å²) in [6, 6.07) is 8.64. The van der Waals surface area contributed by atoms with Crippen molar-refractivity contribution in [2.45, 2.75) is 24.4 Å². The van der Waals surface area contributed by atoms with Crippen molar-refractivity contribution in [2.75, 3.05) is 0 Å². The van der Waals surface area contributed by atoms with Crippen LogP contribution in [0.1, 0.15) is 18.0 Å². The van der Waals surface area contributed by atoms with Crippen molar-refractivity contribution in [1.29, 1.82) is 0 Å². The van der Waals surface area contributed by atoms with Crippen LogP contribution in [0, 0.1) is 6.92 Å². The maximum Gasteiger partial charge on any atom is 0.321 e. The highest BCUT2D eigenvalue weighted by molar-refractivity contribution is 7.98. The summed E-state index contributed by atoms with van der Waals surface area (Å²) in [5.74, 6) is 1.14. The summed E-state index contributed by atoms with van der Waals surface area (Å²) in [7, 11) is 0. The van der Waals surface area contributed by atoms with E-state index in [1.54, 1.807) is 37.3 Å². The van der Waals surface area contributed by atoms with Crippen LogP contribution in [0.4, 0.5) is 8.78 Å². The Morgan fingerprint density at radius 1 is 1.35 bits per heavy atom. The monoisotopic (exact) mass is 295 g/mol. The van der Waals surface area contributed by atoms with E-state index in [-0.39, 0.29) is 5.16 Å². The Kier molecular flexibility index (Phi) is 3.43. The van der Waals surface area contributed by atoms with Gasteiger partial charge in [-0.25, -0.2) is 4.98 Å². The van der Waals surface area contributed by atoms with Crippen molar-refractivity contribution in [3.8, 4) is 0 Å². The quantitative estimate of drug-likeness (QED) is 0.682. The topological polar surface area (TPSA) is 43.9 Å². The highest BCUT2D eigenvalue weighted by atomic mass is 32.2. The van der Waals surface area contributed by atoms with Crippen molar-refractivity contribution < 1.29 is 13.3 Å². The number of hydrogen-bond acceptors (Lipinski definition) is 4. The number of aryl methyl sites for hydroxylation is 1. The van der Waals surface area contributed by atoms with E-state index in [9.17, 15) is 8.78 Å². The summed E-state index contributed by atoms with van der Waals surface area (Å²) in [6.45, 7) is -0.834. The number of thioether (sulfide) groups is 1. The van der Waals surface area contributed by atoms with E-state index in [4.69, 9.17) is 4.52 Å². The van der Waals surface area contributed by atoms with E-state index in [0.717, 1.165) is 4.57 Å². The van der Waals surface area contributed by atoms with Gasteiger partial charge in [0, 0.05) is 11.8 Å². The van der Waals surface area contributed by atoms with Crippen LogP contribution < -0.4 is 0 Å². The van der Waals surface area contributed by atoms with Crippen molar-refractivity contribution in [3.63, 3.8) is 0 Å². The molecular weight excluding hydrogens is 284 g/mol. The fraction of sp³-hybridized carbons (Fsp3) is 0.231. The number of imidazole rings is 1. The summed E-state index contributed by atoms with van der Waals surface area (Å²) in [5.41, 5.74) is 1.70. The van der Waals surface area contributed by atoms with E-state index >= 15 is 0 Å². The highest BCUT2D eigenvalue weighted by Gasteiger charge is 2.18. The molecule has 0 spiro atoms. The molecule has 4 nitrogen and oxygen atoms in total. The third-order valence-electron chi connectivity index (χ3n) is 2.78. The minimum absolute atomic E-state index is 0.279. The fourth-order valence-electron chi connectivity index (χ4n) is 1.94. The first-order chi connectivity index (χ1) is 9.65. The first kappa shape index (κ1) is 13.1. The highest BCUT2D eigenvalue weighted by Crippen LogP contribution is 2.30. The van der Waals surface area contributed by atoms with Crippen LogP contribution >= 0.6 is 11.8 Å². The summed E-state index contributed by atoms with van der Waals surface area (Å²) in [5, 5.41) is 4.12. The van der Waals surface area contributed by atoms with Crippen LogP contribution in [0.25, 0.3) is 11.0 Å². The molecule has 2 heterocycles. The molecule has 0 bridgehead atoms. The molecule has 0 unspecified atom stereocenters. The fourth-order valence-corrected chi connectivity index (χ4v) is 2.83. The Bertz CT molecular complexity index is 738. The summed E-state index contributed by atoms with van der Waals surface area (Å²) >= 11 is 1.22. The molecule has 0 saturated heterocycles. The van der Waals surface area contributed by atoms with Crippen LogP contribution in [-0.4, -0.2) is 14.7 Å². The molecule has 0 aliphatic heterocycles. The molecule has 0 radical (unpaired) electrons. The number of nitrogens with zero attached hydrogens (tertiary/aromatic N) is 3. The third-order valence-corrected chi connectivity index (χ3v) is 3.77. The molecule has 0 saturated carbocycles. The van der Waals surface area contributed by atoms with Gasteiger partial charge in [-0.1, -0.05) is 29.1 Å². The molecule has 1 aromatic carbocycles. The predicted octanol–water partition coefficient (Wildman–Crippen LogP) is 4.02. The summed E-state index contributed by atoms with van der Waals surface area (Å²) in [4.78, 5) is 4.24. The Labute approximate surface area is 117 Å². The van der Waals surface area contributed by atoms with Gasteiger partial charge >= 0.3 is 6.55 Å². The molecule has 3 aromatic rings. The summed E-state index contributed by atoms with van der Waals surface area (Å²) < 4.78 is 32.3. The lowest BCUT2D eigenvalue weighted by atomic mass is 10.3. The molecule has 104 valence electrons. The van der Waals surface area contributed by atoms with Gasteiger partial charge in [0.15, 0.2) is 5.16 Å². The maximum atomic E-state index is 13.2. The van der Waals surface area contributed by atoms with Gasteiger partial charge in [-0.15, -0.1) is 0 Å². The second-order valence-corrected chi connectivity index (χ2v) is 5.19.